The van der Waals surface area contributed by atoms with E-state index >= 15 is 0 Å². The second-order valence-electron chi connectivity index (χ2n) is 4.30. The molecule has 0 aliphatic rings. The Balaban J connectivity index is 2.64. The first-order valence-electron chi connectivity index (χ1n) is 5.67. The molecule has 1 rings (SSSR count). The molecule has 0 atom stereocenters. The van der Waals surface area contributed by atoms with Crippen LogP contribution in [0.3, 0.4) is 0 Å². The Bertz CT molecular complexity index is 388. The van der Waals surface area contributed by atoms with Crippen LogP contribution in [0.4, 0.5) is 4.39 Å². The van der Waals surface area contributed by atoms with Crippen LogP contribution >= 0.6 is 0 Å². The van der Waals surface area contributed by atoms with E-state index < -0.39 is 17.3 Å². The van der Waals surface area contributed by atoms with Crippen molar-refractivity contribution in [1.29, 1.82) is 0 Å². The Morgan fingerprint density at radius 3 is 2.76 bits per heavy atom. The highest BCUT2D eigenvalue weighted by Crippen LogP contribution is 2.21. The fraction of sp³-hybridized carbons (Fsp3) is 0.462. The largest absolute Gasteiger partial charge is 0.493 e. The zero-order valence-corrected chi connectivity index (χ0v) is 10.1. The van der Waals surface area contributed by atoms with Crippen molar-refractivity contribution in [2.24, 2.45) is 5.92 Å². The van der Waals surface area contributed by atoms with Crippen LogP contribution in [0.5, 0.6) is 5.75 Å². The minimum absolute atomic E-state index is 0.0984. The summed E-state index contributed by atoms with van der Waals surface area (Å²) >= 11 is 0. The zero-order chi connectivity index (χ0) is 12.8. The summed E-state index contributed by atoms with van der Waals surface area (Å²) in [4.78, 5) is 10.9. The van der Waals surface area contributed by atoms with Crippen LogP contribution in [0, 0.1) is 11.7 Å². The lowest BCUT2D eigenvalue weighted by atomic mass is 10.1. The standard InChI is InChI=1S/C13H17FO3/c1-9(2)5-4-8-17-11-7-3-6-10(14)12(11)13(15)16/h3,6-7,9H,4-5,8H2,1-2H3,(H,15,16). The SMILES string of the molecule is CC(C)CCCOc1cccc(F)c1C(=O)O. The van der Waals surface area contributed by atoms with Crippen molar-refractivity contribution < 1.29 is 19.0 Å². The van der Waals surface area contributed by atoms with E-state index in [0.29, 0.717) is 12.5 Å². The van der Waals surface area contributed by atoms with Crippen LogP contribution in [-0.4, -0.2) is 17.7 Å². The van der Waals surface area contributed by atoms with Gasteiger partial charge in [-0.2, -0.15) is 0 Å². The Morgan fingerprint density at radius 2 is 2.18 bits per heavy atom. The maximum absolute atomic E-state index is 13.3. The van der Waals surface area contributed by atoms with E-state index in [1.165, 1.54) is 12.1 Å². The van der Waals surface area contributed by atoms with Gasteiger partial charge in [-0.1, -0.05) is 19.9 Å². The van der Waals surface area contributed by atoms with Gasteiger partial charge in [0.05, 0.1) is 6.61 Å². The quantitative estimate of drug-likeness (QED) is 0.776. The molecule has 0 amide bonds. The second kappa shape index (κ2) is 6.23. The highest BCUT2D eigenvalue weighted by Gasteiger charge is 2.16. The third-order valence-corrected chi connectivity index (χ3v) is 2.37. The predicted molar refractivity (Wildman–Crippen MR) is 62.9 cm³/mol. The van der Waals surface area contributed by atoms with Gasteiger partial charge in [0.25, 0.3) is 0 Å². The van der Waals surface area contributed by atoms with E-state index in [4.69, 9.17) is 9.84 Å². The topological polar surface area (TPSA) is 46.5 Å². The van der Waals surface area contributed by atoms with Crippen molar-refractivity contribution in [3.63, 3.8) is 0 Å². The van der Waals surface area contributed by atoms with E-state index in [1.807, 2.05) is 0 Å². The molecule has 4 heteroatoms. The van der Waals surface area contributed by atoms with Gasteiger partial charge in [0.1, 0.15) is 17.1 Å². The van der Waals surface area contributed by atoms with Crippen molar-refractivity contribution in [1.82, 2.24) is 0 Å². The third-order valence-electron chi connectivity index (χ3n) is 2.37. The minimum Gasteiger partial charge on any atom is -0.493 e. The summed E-state index contributed by atoms with van der Waals surface area (Å²) in [6.07, 6.45) is 1.82. The maximum Gasteiger partial charge on any atom is 0.342 e. The number of carboxylic acids is 1. The molecule has 1 aromatic rings. The average molecular weight is 240 g/mol. The average Bonchev–Trinajstić information content (AvgIpc) is 2.23. The molecule has 94 valence electrons. The molecule has 17 heavy (non-hydrogen) atoms. The molecule has 0 saturated heterocycles. The highest BCUT2D eigenvalue weighted by molar-refractivity contribution is 5.91. The number of rotatable bonds is 6. The van der Waals surface area contributed by atoms with Crippen LogP contribution in [0.25, 0.3) is 0 Å². The van der Waals surface area contributed by atoms with Crippen LogP contribution in [-0.2, 0) is 0 Å². The van der Waals surface area contributed by atoms with Crippen molar-refractivity contribution in [3.05, 3.63) is 29.6 Å². The van der Waals surface area contributed by atoms with Crippen LogP contribution in [0.15, 0.2) is 18.2 Å². The Labute approximate surface area is 100 Å². The van der Waals surface area contributed by atoms with E-state index in [-0.39, 0.29) is 5.75 Å². The molecule has 1 N–H and O–H groups in total. The Morgan fingerprint density at radius 1 is 1.47 bits per heavy atom. The fourth-order valence-electron chi connectivity index (χ4n) is 1.51. The van der Waals surface area contributed by atoms with Gasteiger partial charge in [-0.15, -0.1) is 0 Å². The van der Waals surface area contributed by atoms with Gasteiger partial charge in [-0.3, -0.25) is 0 Å². The van der Waals surface area contributed by atoms with Crippen molar-refractivity contribution in [3.8, 4) is 5.75 Å². The van der Waals surface area contributed by atoms with Gasteiger partial charge in [0.2, 0.25) is 0 Å². The van der Waals surface area contributed by atoms with E-state index in [0.717, 1.165) is 18.9 Å². The highest BCUT2D eigenvalue weighted by atomic mass is 19.1. The first-order valence-corrected chi connectivity index (χ1v) is 5.67. The molecule has 0 fully saturated rings. The summed E-state index contributed by atoms with van der Waals surface area (Å²) in [5.74, 6) is -1.40. The molecule has 0 aromatic heterocycles. The van der Waals surface area contributed by atoms with Crippen molar-refractivity contribution >= 4 is 5.97 Å². The Hall–Kier alpha value is -1.58. The second-order valence-corrected chi connectivity index (χ2v) is 4.30. The van der Waals surface area contributed by atoms with Gasteiger partial charge >= 0.3 is 5.97 Å². The fourth-order valence-corrected chi connectivity index (χ4v) is 1.51. The number of carboxylic acid groups (broad SMARTS) is 1. The lowest BCUT2D eigenvalue weighted by Gasteiger charge is -2.10. The summed E-state index contributed by atoms with van der Waals surface area (Å²) in [7, 11) is 0. The summed E-state index contributed by atoms with van der Waals surface area (Å²) in [6, 6.07) is 4.03. The first-order chi connectivity index (χ1) is 8.02. The summed E-state index contributed by atoms with van der Waals surface area (Å²) in [6.45, 7) is 4.61. The molecular formula is C13H17FO3. The number of ether oxygens (including phenoxy) is 1. The molecule has 0 bridgehead atoms. The van der Waals surface area contributed by atoms with Gasteiger partial charge in [0.15, 0.2) is 0 Å². The number of carbonyl (C=O) groups is 1. The number of hydrogen-bond acceptors (Lipinski definition) is 2. The number of aromatic carboxylic acids is 1. The summed E-state index contributed by atoms with van der Waals surface area (Å²) in [5, 5.41) is 8.87. The smallest absolute Gasteiger partial charge is 0.342 e. The predicted octanol–water partition coefficient (Wildman–Crippen LogP) is 3.34. The maximum atomic E-state index is 13.3. The first kappa shape index (κ1) is 13.5. The van der Waals surface area contributed by atoms with E-state index in [2.05, 4.69) is 13.8 Å². The van der Waals surface area contributed by atoms with Crippen LogP contribution in [0.1, 0.15) is 37.0 Å². The molecular weight excluding hydrogens is 223 g/mol. The minimum atomic E-state index is -1.30. The lowest BCUT2D eigenvalue weighted by molar-refractivity contribution is 0.0686. The molecule has 0 aliphatic carbocycles. The molecule has 0 spiro atoms. The van der Waals surface area contributed by atoms with Gasteiger partial charge in [-0.25, -0.2) is 9.18 Å². The lowest BCUT2D eigenvalue weighted by Crippen LogP contribution is -2.07. The molecule has 1 aromatic carbocycles. The van der Waals surface area contributed by atoms with Crippen LogP contribution < -0.4 is 4.74 Å². The zero-order valence-electron chi connectivity index (χ0n) is 10.1. The van der Waals surface area contributed by atoms with Crippen molar-refractivity contribution in [2.75, 3.05) is 6.61 Å². The van der Waals surface area contributed by atoms with Crippen molar-refractivity contribution in [2.45, 2.75) is 26.7 Å². The monoisotopic (exact) mass is 240 g/mol. The molecule has 3 nitrogen and oxygen atoms in total. The third kappa shape index (κ3) is 4.06. The number of halogens is 1. The molecule has 0 heterocycles. The van der Waals surface area contributed by atoms with Gasteiger partial charge < -0.3 is 9.84 Å². The molecule has 0 unspecified atom stereocenters. The van der Waals surface area contributed by atoms with E-state index in [1.54, 1.807) is 0 Å². The van der Waals surface area contributed by atoms with Gasteiger partial charge in [-0.05, 0) is 30.9 Å². The molecule has 0 saturated carbocycles. The number of hydrogen-bond donors (Lipinski definition) is 1. The summed E-state index contributed by atoms with van der Waals surface area (Å²) < 4.78 is 18.6. The molecule has 0 radical (unpaired) electrons. The van der Waals surface area contributed by atoms with Crippen LogP contribution in [0.2, 0.25) is 0 Å². The molecule has 0 aliphatic heterocycles. The normalized spacial score (nSPS) is 10.6. The summed E-state index contributed by atoms with van der Waals surface area (Å²) in [5.41, 5.74) is -0.392. The number of benzene rings is 1. The Kier molecular flexibility index (Phi) is 4.94. The van der Waals surface area contributed by atoms with Gasteiger partial charge in [0, 0.05) is 0 Å². The van der Waals surface area contributed by atoms with E-state index in [9.17, 15) is 9.18 Å².